The van der Waals surface area contributed by atoms with Crippen LogP contribution in [0.4, 0.5) is 13.2 Å². The molecule has 0 bridgehead atoms. The number of carbonyl (C=O) groups excluding carboxylic acids is 1. The molecular formula is C9H6F3N3O2. The predicted octanol–water partition coefficient (Wildman–Crippen LogP) is 1.66. The smallest absolute Gasteiger partial charge is 0.456 e. The molecule has 0 saturated heterocycles. The highest BCUT2D eigenvalue weighted by Crippen LogP contribution is 2.19. The van der Waals surface area contributed by atoms with Gasteiger partial charge in [-0.05, 0) is 12.1 Å². The van der Waals surface area contributed by atoms with Crippen molar-refractivity contribution in [3.8, 4) is 0 Å². The van der Waals surface area contributed by atoms with Crippen LogP contribution in [0.3, 0.4) is 0 Å². The largest absolute Gasteiger partial charge is 0.467 e. The quantitative estimate of drug-likeness (QED) is 0.771. The van der Waals surface area contributed by atoms with E-state index in [1.165, 1.54) is 6.26 Å². The SMILES string of the molecule is O=C(c1cn(Cc2ccco2)nn1)C(F)(F)F. The Morgan fingerprint density at radius 2 is 2.24 bits per heavy atom. The molecule has 0 aliphatic heterocycles. The van der Waals surface area contributed by atoms with Gasteiger partial charge in [-0.25, -0.2) is 4.68 Å². The van der Waals surface area contributed by atoms with Gasteiger partial charge in [0, 0.05) is 0 Å². The fourth-order valence-electron chi connectivity index (χ4n) is 1.19. The molecule has 0 aliphatic rings. The Hall–Kier alpha value is -2.12. The van der Waals surface area contributed by atoms with Crippen molar-refractivity contribution >= 4 is 5.78 Å². The van der Waals surface area contributed by atoms with Crippen molar-refractivity contribution in [2.45, 2.75) is 12.7 Å². The summed E-state index contributed by atoms with van der Waals surface area (Å²) in [6.07, 6.45) is -2.59. The first-order valence-corrected chi connectivity index (χ1v) is 4.51. The molecule has 5 nitrogen and oxygen atoms in total. The van der Waals surface area contributed by atoms with E-state index in [2.05, 4.69) is 10.3 Å². The van der Waals surface area contributed by atoms with Crippen LogP contribution in [0, 0.1) is 0 Å². The monoisotopic (exact) mass is 245 g/mol. The highest BCUT2D eigenvalue weighted by Gasteiger charge is 2.41. The Labute approximate surface area is 92.8 Å². The molecule has 2 heterocycles. The van der Waals surface area contributed by atoms with Gasteiger partial charge >= 0.3 is 6.18 Å². The Morgan fingerprint density at radius 3 is 2.82 bits per heavy atom. The minimum absolute atomic E-state index is 0.116. The first kappa shape index (κ1) is 11.4. The summed E-state index contributed by atoms with van der Waals surface area (Å²) in [7, 11) is 0. The molecule has 0 aliphatic carbocycles. The summed E-state index contributed by atoms with van der Waals surface area (Å²) in [6.45, 7) is 0.116. The topological polar surface area (TPSA) is 60.9 Å². The van der Waals surface area contributed by atoms with Crippen LogP contribution in [-0.4, -0.2) is 27.0 Å². The van der Waals surface area contributed by atoms with Gasteiger partial charge in [0.25, 0.3) is 5.78 Å². The number of ketones is 1. The lowest BCUT2D eigenvalue weighted by molar-refractivity contribution is -0.0888. The molecular weight excluding hydrogens is 239 g/mol. The number of alkyl halides is 3. The van der Waals surface area contributed by atoms with E-state index < -0.39 is 17.7 Å². The van der Waals surface area contributed by atoms with E-state index in [4.69, 9.17) is 4.42 Å². The van der Waals surface area contributed by atoms with Gasteiger partial charge in [0.1, 0.15) is 12.3 Å². The highest BCUT2D eigenvalue weighted by atomic mass is 19.4. The summed E-state index contributed by atoms with van der Waals surface area (Å²) in [5.41, 5.74) is -0.732. The number of furan rings is 1. The first-order chi connectivity index (χ1) is 7.97. The first-order valence-electron chi connectivity index (χ1n) is 4.51. The van der Waals surface area contributed by atoms with Gasteiger partial charge in [0.15, 0.2) is 5.69 Å². The highest BCUT2D eigenvalue weighted by molar-refractivity contribution is 5.98. The number of aromatic nitrogens is 3. The lowest BCUT2D eigenvalue weighted by atomic mass is 10.3. The summed E-state index contributed by atoms with van der Waals surface area (Å²) < 4.78 is 42.3. The van der Waals surface area contributed by atoms with E-state index >= 15 is 0 Å². The molecule has 90 valence electrons. The molecule has 0 radical (unpaired) electrons. The van der Waals surface area contributed by atoms with Crippen LogP contribution in [-0.2, 0) is 6.54 Å². The summed E-state index contributed by atoms with van der Waals surface area (Å²) in [5.74, 6) is -1.51. The van der Waals surface area contributed by atoms with Gasteiger partial charge in [-0.2, -0.15) is 13.2 Å². The van der Waals surface area contributed by atoms with Crippen molar-refractivity contribution in [1.82, 2.24) is 15.0 Å². The van der Waals surface area contributed by atoms with Crippen LogP contribution in [0.2, 0.25) is 0 Å². The van der Waals surface area contributed by atoms with Crippen LogP contribution >= 0.6 is 0 Å². The lowest BCUT2D eigenvalue weighted by Gasteiger charge is -1.99. The van der Waals surface area contributed by atoms with E-state index in [0.717, 1.165) is 10.9 Å². The number of hydrogen-bond donors (Lipinski definition) is 0. The maximum absolute atomic E-state index is 12.1. The van der Waals surface area contributed by atoms with Crippen molar-refractivity contribution < 1.29 is 22.4 Å². The third kappa shape index (κ3) is 2.52. The molecule has 2 aromatic rings. The maximum atomic E-state index is 12.1. The molecule has 0 unspecified atom stereocenters. The average molecular weight is 245 g/mol. The standard InChI is InChI=1S/C9H6F3N3O2/c10-9(11,12)8(16)7-5-15(14-13-7)4-6-2-1-3-17-6/h1-3,5H,4H2. The number of rotatable bonds is 3. The number of halogens is 3. The second-order valence-electron chi connectivity index (χ2n) is 3.21. The molecule has 0 amide bonds. The Bertz CT molecular complexity index is 516. The van der Waals surface area contributed by atoms with Crippen LogP contribution in [0.1, 0.15) is 16.2 Å². The normalized spacial score (nSPS) is 11.7. The maximum Gasteiger partial charge on any atom is 0.456 e. The molecule has 0 atom stereocenters. The average Bonchev–Trinajstić information content (AvgIpc) is 2.87. The van der Waals surface area contributed by atoms with E-state index in [0.29, 0.717) is 5.76 Å². The van der Waals surface area contributed by atoms with Gasteiger partial charge in [0.2, 0.25) is 0 Å². The van der Waals surface area contributed by atoms with E-state index in [1.807, 2.05) is 0 Å². The molecule has 8 heteroatoms. The van der Waals surface area contributed by atoms with Crippen molar-refractivity contribution in [2.24, 2.45) is 0 Å². The Balaban J connectivity index is 2.14. The summed E-state index contributed by atoms with van der Waals surface area (Å²) in [6, 6.07) is 3.26. The third-order valence-electron chi connectivity index (χ3n) is 1.93. The molecule has 0 N–H and O–H groups in total. The summed E-state index contributed by atoms with van der Waals surface area (Å²) in [4.78, 5) is 10.8. The van der Waals surface area contributed by atoms with Gasteiger partial charge < -0.3 is 4.42 Å². The molecule has 0 saturated carbocycles. The number of hydrogen-bond acceptors (Lipinski definition) is 4. The Kier molecular flexibility index (Phi) is 2.70. The van der Waals surface area contributed by atoms with Crippen LogP contribution in [0.5, 0.6) is 0 Å². The summed E-state index contributed by atoms with van der Waals surface area (Å²) >= 11 is 0. The molecule has 2 aromatic heterocycles. The van der Waals surface area contributed by atoms with Gasteiger partial charge in [0.05, 0.1) is 12.5 Å². The van der Waals surface area contributed by atoms with Gasteiger partial charge in [-0.3, -0.25) is 4.79 Å². The second kappa shape index (κ2) is 4.04. The minimum atomic E-state index is -4.94. The lowest BCUT2D eigenvalue weighted by Crippen LogP contribution is -2.23. The molecule has 17 heavy (non-hydrogen) atoms. The molecule has 2 rings (SSSR count). The molecule has 0 fully saturated rings. The van der Waals surface area contributed by atoms with E-state index in [1.54, 1.807) is 12.1 Å². The number of nitrogens with zero attached hydrogens (tertiary/aromatic N) is 3. The van der Waals surface area contributed by atoms with Crippen molar-refractivity contribution in [1.29, 1.82) is 0 Å². The van der Waals surface area contributed by atoms with E-state index in [-0.39, 0.29) is 6.54 Å². The van der Waals surface area contributed by atoms with Crippen LogP contribution < -0.4 is 0 Å². The zero-order valence-electron chi connectivity index (χ0n) is 8.31. The zero-order chi connectivity index (χ0) is 12.5. The van der Waals surface area contributed by atoms with Crippen molar-refractivity contribution in [3.63, 3.8) is 0 Å². The third-order valence-corrected chi connectivity index (χ3v) is 1.93. The Morgan fingerprint density at radius 1 is 1.47 bits per heavy atom. The fourth-order valence-corrected chi connectivity index (χ4v) is 1.19. The van der Waals surface area contributed by atoms with Gasteiger partial charge in [-0.1, -0.05) is 5.21 Å². The fraction of sp³-hybridized carbons (Fsp3) is 0.222. The number of carbonyl (C=O) groups is 1. The van der Waals surface area contributed by atoms with Crippen molar-refractivity contribution in [3.05, 3.63) is 36.0 Å². The van der Waals surface area contributed by atoms with Crippen LogP contribution in [0.15, 0.2) is 29.0 Å². The van der Waals surface area contributed by atoms with Gasteiger partial charge in [-0.15, -0.1) is 5.10 Å². The predicted molar refractivity (Wildman–Crippen MR) is 48.2 cm³/mol. The molecule has 0 spiro atoms. The van der Waals surface area contributed by atoms with E-state index in [9.17, 15) is 18.0 Å². The summed E-state index contributed by atoms with van der Waals surface area (Å²) in [5, 5.41) is 6.58. The molecule has 0 aromatic carbocycles. The van der Waals surface area contributed by atoms with Crippen LogP contribution in [0.25, 0.3) is 0 Å². The number of Topliss-reactive ketones (excluding diaryl/α,β-unsaturated/α-hetero) is 1. The van der Waals surface area contributed by atoms with Crippen molar-refractivity contribution in [2.75, 3.05) is 0 Å². The second-order valence-corrected chi connectivity index (χ2v) is 3.21. The minimum Gasteiger partial charge on any atom is -0.467 e. The zero-order valence-corrected chi connectivity index (χ0v) is 8.31.